The average molecular weight is 455 g/mol. The maximum atomic E-state index is 4.71. The standard InChI is InChI=1S/C31H26N4/c1-21-15-16-32-31(17-21)35-28-10-5-4-9-26(28)27-13-12-24(19-29(27)35)23-7-6-8-25(18-23)34(3)30-14-11-22(2)20-33-30/h4-20H,1-3H3. The van der Waals surface area contributed by atoms with Crippen molar-refractivity contribution in [2.45, 2.75) is 13.8 Å². The van der Waals surface area contributed by atoms with Gasteiger partial charge in [-0.2, -0.15) is 0 Å². The number of benzene rings is 3. The first-order valence-corrected chi connectivity index (χ1v) is 11.8. The molecule has 3 aromatic carbocycles. The van der Waals surface area contributed by atoms with E-state index in [0.29, 0.717) is 0 Å². The largest absolute Gasteiger partial charge is 0.329 e. The van der Waals surface area contributed by atoms with Crippen molar-refractivity contribution in [3.05, 3.63) is 115 Å². The lowest BCUT2D eigenvalue weighted by atomic mass is 10.0. The molecule has 0 unspecified atom stereocenters. The first kappa shape index (κ1) is 21.1. The second-order valence-electron chi connectivity index (χ2n) is 9.08. The molecule has 0 aliphatic heterocycles. The van der Waals surface area contributed by atoms with Crippen LogP contribution in [0.3, 0.4) is 0 Å². The van der Waals surface area contributed by atoms with E-state index in [2.05, 4.69) is 120 Å². The fourth-order valence-electron chi connectivity index (χ4n) is 4.72. The second kappa shape index (κ2) is 8.41. The molecule has 6 aromatic rings. The predicted octanol–water partition coefficient (Wildman–Crippen LogP) is 7.63. The first-order valence-electron chi connectivity index (χ1n) is 11.8. The molecule has 0 aliphatic rings. The Balaban J connectivity index is 1.50. The van der Waals surface area contributed by atoms with Crippen LogP contribution in [-0.2, 0) is 0 Å². The summed E-state index contributed by atoms with van der Waals surface area (Å²) in [5.41, 5.74) is 8.09. The minimum atomic E-state index is 0.925. The van der Waals surface area contributed by atoms with Crippen LogP contribution in [0, 0.1) is 13.8 Å². The van der Waals surface area contributed by atoms with Gasteiger partial charge in [0.1, 0.15) is 11.6 Å². The van der Waals surface area contributed by atoms with Crippen LogP contribution in [0.2, 0.25) is 0 Å². The number of anilines is 2. The molecule has 0 saturated carbocycles. The van der Waals surface area contributed by atoms with Crippen molar-refractivity contribution in [2.24, 2.45) is 0 Å². The molecule has 0 radical (unpaired) electrons. The molecule has 3 heterocycles. The monoisotopic (exact) mass is 454 g/mol. The number of rotatable bonds is 4. The molecular weight excluding hydrogens is 428 g/mol. The number of hydrogen-bond donors (Lipinski definition) is 0. The number of fused-ring (bicyclic) bond motifs is 3. The van der Waals surface area contributed by atoms with Gasteiger partial charge in [0.25, 0.3) is 0 Å². The van der Waals surface area contributed by atoms with Gasteiger partial charge in [-0.15, -0.1) is 0 Å². The summed E-state index contributed by atoms with van der Waals surface area (Å²) in [5.74, 6) is 1.86. The van der Waals surface area contributed by atoms with Crippen LogP contribution < -0.4 is 4.90 Å². The van der Waals surface area contributed by atoms with Gasteiger partial charge >= 0.3 is 0 Å². The van der Waals surface area contributed by atoms with Gasteiger partial charge in [0.05, 0.1) is 11.0 Å². The smallest absolute Gasteiger partial charge is 0.137 e. The van der Waals surface area contributed by atoms with Gasteiger partial charge in [-0.3, -0.25) is 4.57 Å². The van der Waals surface area contributed by atoms with Crippen molar-refractivity contribution >= 4 is 33.3 Å². The van der Waals surface area contributed by atoms with Gasteiger partial charge in [0, 0.05) is 35.9 Å². The Morgan fingerprint density at radius 1 is 0.657 bits per heavy atom. The SMILES string of the molecule is Cc1ccc(N(C)c2cccc(-c3ccc4c5ccccc5n(-c5cc(C)ccn5)c4c3)c2)nc1. The highest BCUT2D eigenvalue weighted by atomic mass is 15.2. The van der Waals surface area contributed by atoms with Crippen molar-refractivity contribution in [1.29, 1.82) is 0 Å². The molecule has 0 atom stereocenters. The minimum absolute atomic E-state index is 0.925. The van der Waals surface area contributed by atoms with E-state index in [-0.39, 0.29) is 0 Å². The van der Waals surface area contributed by atoms with Crippen LogP contribution in [0.5, 0.6) is 0 Å². The molecule has 3 aromatic heterocycles. The molecule has 4 nitrogen and oxygen atoms in total. The lowest BCUT2D eigenvalue weighted by Gasteiger charge is -2.19. The normalized spacial score (nSPS) is 11.3. The molecular formula is C31H26N4. The van der Waals surface area contributed by atoms with Crippen LogP contribution in [0.25, 0.3) is 38.8 Å². The third-order valence-electron chi connectivity index (χ3n) is 6.61. The molecule has 0 spiro atoms. The molecule has 0 saturated heterocycles. The van der Waals surface area contributed by atoms with Crippen molar-refractivity contribution in [1.82, 2.24) is 14.5 Å². The van der Waals surface area contributed by atoms with Crippen LogP contribution in [0.15, 0.2) is 103 Å². The Bertz CT molecular complexity index is 1680. The third-order valence-corrected chi connectivity index (χ3v) is 6.61. The van der Waals surface area contributed by atoms with Crippen LogP contribution >= 0.6 is 0 Å². The Morgan fingerprint density at radius 2 is 1.49 bits per heavy atom. The Labute approximate surface area is 205 Å². The molecule has 170 valence electrons. The fraction of sp³-hybridized carbons (Fsp3) is 0.0968. The van der Waals surface area contributed by atoms with Gasteiger partial charge in [-0.25, -0.2) is 9.97 Å². The number of nitrogens with zero attached hydrogens (tertiary/aromatic N) is 4. The van der Waals surface area contributed by atoms with Crippen LogP contribution in [0.4, 0.5) is 11.5 Å². The average Bonchev–Trinajstić information content (AvgIpc) is 3.22. The zero-order chi connectivity index (χ0) is 23.9. The number of pyridine rings is 2. The summed E-state index contributed by atoms with van der Waals surface area (Å²) < 4.78 is 2.27. The highest BCUT2D eigenvalue weighted by molar-refractivity contribution is 6.10. The highest BCUT2D eigenvalue weighted by Gasteiger charge is 2.14. The van der Waals surface area contributed by atoms with E-state index in [9.17, 15) is 0 Å². The van der Waals surface area contributed by atoms with E-state index in [1.54, 1.807) is 0 Å². The molecule has 0 fully saturated rings. The lowest BCUT2D eigenvalue weighted by Crippen LogP contribution is -2.11. The van der Waals surface area contributed by atoms with Crippen molar-refractivity contribution < 1.29 is 0 Å². The fourth-order valence-corrected chi connectivity index (χ4v) is 4.72. The number of hydrogen-bond acceptors (Lipinski definition) is 3. The lowest BCUT2D eigenvalue weighted by molar-refractivity contribution is 1.07. The zero-order valence-corrected chi connectivity index (χ0v) is 20.1. The molecule has 0 amide bonds. The zero-order valence-electron chi connectivity index (χ0n) is 20.1. The number of para-hydroxylation sites is 1. The Kier molecular flexibility index (Phi) is 5.07. The number of aromatic nitrogens is 3. The van der Waals surface area contributed by atoms with E-state index < -0.39 is 0 Å². The van der Waals surface area contributed by atoms with Gasteiger partial charge in [-0.05, 0) is 78.6 Å². The quantitative estimate of drug-likeness (QED) is 0.275. The topological polar surface area (TPSA) is 34.0 Å². The highest BCUT2D eigenvalue weighted by Crippen LogP contribution is 2.35. The van der Waals surface area contributed by atoms with E-state index in [4.69, 9.17) is 4.98 Å². The summed E-state index contributed by atoms with van der Waals surface area (Å²) in [6.45, 7) is 4.16. The summed E-state index contributed by atoms with van der Waals surface area (Å²) in [6, 6.07) is 32.2. The summed E-state index contributed by atoms with van der Waals surface area (Å²) >= 11 is 0. The van der Waals surface area contributed by atoms with Gasteiger partial charge < -0.3 is 4.90 Å². The Morgan fingerprint density at radius 3 is 2.31 bits per heavy atom. The summed E-state index contributed by atoms with van der Waals surface area (Å²) in [6.07, 6.45) is 3.79. The van der Waals surface area contributed by atoms with E-state index >= 15 is 0 Å². The Hall–Kier alpha value is -4.44. The summed E-state index contributed by atoms with van der Waals surface area (Å²) in [5, 5.41) is 2.46. The van der Waals surface area contributed by atoms with Gasteiger partial charge in [-0.1, -0.05) is 48.5 Å². The third kappa shape index (κ3) is 3.73. The molecule has 35 heavy (non-hydrogen) atoms. The van der Waals surface area contributed by atoms with Crippen molar-refractivity contribution in [2.75, 3.05) is 11.9 Å². The molecule has 0 aliphatic carbocycles. The number of aryl methyl sites for hydroxylation is 2. The van der Waals surface area contributed by atoms with E-state index in [0.717, 1.165) is 39.5 Å². The van der Waals surface area contributed by atoms with E-state index in [1.165, 1.54) is 21.9 Å². The van der Waals surface area contributed by atoms with Gasteiger partial charge in [0.2, 0.25) is 0 Å². The molecule has 0 N–H and O–H groups in total. The first-order chi connectivity index (χ1) is 17.1. The van der Waals surface area contributed by atoms with Crippen molar-refractivity contribution in [3.63, 3.8) is 0 Å². The maximum Gasteiger partial charge on any atom is 0.137 e. The molecule has 0 bridgehead atoms. The maximum absolute atomic E-state index is 4.71. The summed E-state index contributed by atoms with van der Waals surface area (Å²) in [7, 11) is 2.06. The predicted molar refractivity (Wildman–Crippen MR) is 146 cm³/mol. The van der Waals surface area contributed by atoms with Crippen LogP contribution in [0.1, 0.15) is 11.1 Å². The summed E-state index contributed by atoms with van der Waals surface area (Å²) in [4.78, 5) is 11.4. The second-order valence-corrected chi connectivity index (χ2v) is 9.08. The molecule has 6 rings (SSSR count). The van der Waals surface area contributed by atoms with Crippen LogP contribution in [-0.4, -0.2) is 21.6 Å². The van der Waals surface area contributed by atoms with Crippen molar-refractivity contribution in [3.8, 4) is 16.9 Å². The minimum Gasteiger partial charge on any atom is -0.329 e. The van der Waals surface area contributed by atoms with Gasteiger partial charge in [0.15, 0.2) is 0 Å². The molecule has 4 heteroatoms. The van der Waals surface area contributed by atoms with E-state index in [1.807, 2.05) is 18.5 Å².